The Labute approximate surface area is 116 Å². The fourth-order valence-corrected chi connectivity index (χ4v) is 2.50. The molecule has 1 aromatic heterocycles. The summed E-state index contributed by atoms with van der Waals surface area (Å²) >= 11 is 6.03. The highest BCUT2D eigenvalue weighted by atomic mass is 35.5. The topological polar surface area (TPSA) is 43.8 Å². The molecule has 0 atom stereocenters. The smallest absolute Gasteiger partial charge is 0.143 e. The molecule has 0 bridgehead atoms. The summed E-state index contributed by atoms with van der Waals surface area (Å²) in [5.41, 5.74) is 9.71. The van der Waals surface area contributed by atoms with E-state index in [-0.39, 0.29) is 0 Å². The number of fused-ring (bicyclic) bond motifs is 1. The van der Waals surface area contributed by atoms with Gasteiger partial charge in [-0.1, -0.05) is 23.7 Å². The van der Waals surface area contributed by atoms with Crippen LogP contribution in [0.3, 0.4) is 0 Å². The molecule has 0 unspecified atom stereocenters. The SMILES string of the molecule is CCn1c(-c2ccccc2N)nc2cc(Cl)ccc21. The van der Waals surface area contributed by atoms with E-state index in [1.165, 1.54) is 0 Å². The van der Waals surface area contributed by atoms with Crippen molar-refractivity contribution in [3.63, 3.8) is 0 Å². The zero-order valence-electron chi connectivity index (χ0n) is 10.6. The number of rotatable bonds is 2. The van der Waals surface area contributed by atoms with Crippen molar-refractivity contribution >= 4 is 28.3 Å². The summed E-state index contributed by atoms with van der Waals surface area (Å²) in [6.45, 7) is 2.93. The Balaban J connectivity index is 2.32. The molecule has 0 spiro atoms. The van der Waals surface area contributed by atoms with Crippen molar-refractivity contribution in [2.24, 2.45) is 0 Å². The molecule has 1 heterocycles. The number of nitrogen functional groups attached to an aromatic ring is 1. The number of hydrogen-bond acceptors (Lipinski definition) is 2. The molecule has 0 radical (unpaired) electrons. The van der Waals surface area contributed by atoms with Gasteiger partial charge in [0.2, 0.25) is 0 Å². The Morgan fingerprint density at radius 1 is 1.21 bits per heavy atom. The molecule has 0 aliphatic rings. The molecule has 0 aliphatic heterocycles. The second-order valence-corrected chi connectivity index (χ2v) is 4.84. The van der Waals surface area contributed by atoms with Crippen molar-refractivity contribution in [2.45, 2.75) is 13.5 Å². The van der Waals surface area contributed by atoms with Gasteiger partial charge in [0.25, 0.3) is 0 Å². The number of imidazole rings is 1. The molecular formula is C15H14ClN3. The molecule has 0 fully saturated rings. The van der Waals surface area contributed by atoms with Crippen molar-refractivity contribution in [3.05, 3.63) is 47.5 Å². The number of para-hydroxylation sites is 1. The third-order valence-corrected chi connectivity index (χ3v) is 3.46. The summed E-state index contributed by atoms with van der Waals surface area (Å²) in [5, 5.41) is 0.695. The van der Waals surface area contributed by atoms with Crippen molar-refractivity contribution in [1.29, 1.82) is 0 Å². The number of anilines is 1. The average Bonchev–Trinajstić information content (AvgIpc) is 2.76. The van der Waals surface area contributed by atoms with Crippen LogP contribution in [0.15, 0.2) is 42.5 Å². The maximum atomic E-state index is 6.05. The van der Waals surface area contributed by atoms with E-state index in [1.54, 1.807) is 0 Å². The quantitative estimate of drug-likeness (QED) is 0.717. The second kappa shape index (κ2) is 4.59. The van der Waals surface area contributed by atoms with Gasteiger partial charge >= 0.3 is 0 Å². The molecule has 2 N–H and O–H groups in total. The van der Waals surface area contributed by atoms with Crippen LogP contribution in [0.4, 0.5) is 5.69 Å². The van der Waals surface area contributed by atoms with Crippen molar-refractivity contribution in [1.82, 2.24) is 9.55 Å². The number of aryl methyl sites for hydroxylation is 1. The lowest BCUT2D eigenvalue weighted by Crippen LogP contribution is -1.99. The van der Waals surface area contributed by atoms with Gasteiger partial charge in [0, 0.05) is 22.8 Å². The molecular weight excluding hydrogens is 258 g/mol. The predicted molar refractivity (Wildman–Crippen MR) is 80.3 cm³/mol. The third-order valence-electron chi connectivity index (χ3n) is 3.23. The number of benzene rings is 2. The largest absolute Gasteiger partial charge is 0.398 e. The molecule has 2 aromatic carbocycles. The summed E-state index contributed by atoms with van der Waals surface area (Å²) in [4.78, 5) is 4.67. The van der Waals surface area contributed by atoms with Crippen LogP contribution >= 0.6 is 11.6 Å². The van der Waals surface area contributed by atoms with Gasteiger partial charge in [0.05, 0.1) is 11.0 Å². The third kappa shape index (κ3) is 1.96. The van der Waals surface area contributed by atoms with Crippen LogP contribution < -0.4 is 5.73 Å². The fraction of sp³-hybridized carbons (Fsp3) is 0.133. The van der Waals surface area contributed by atoms with Crippen LogP contribution in [0, 0.1) is 0 Å². The van der Waals surface area contributed by atoms with Crippen molar-refractivity contribution < 1.29 is 0 Å². The Morgan fingerprint density at radius 2 is 2.00 bits per heavy atom. The van der Waals surface area contributed by atoms with E-state index < -0.39 is 0 Å². The minimum absolute atomic E-state index is 0.695. The molecule has 3 rings (SSSR count). The van der Waals surface area contributed by atoms with Crippen LogP contribution in [0.2, 0.25) is 5.02 Å². The van der Waals surface area contributed by atoms with Gasteiger partial charge in [-0.3, -0.25) is 0 Å². The van der Waals surface area contributed by atoms with Crippen LogP contribution in [0.1, 0.15) is 6.92 Å². The van der Waals surface area contributed by atoms with Gasteiger partial charge in [0.1, 0.15) is 5.82 Å². The van der Waals surface area contributed by atoms with E-state index >= 15 is 0 Å². The molecule has 0 amide bonds. The van der Waals surface area contributed by atoms with Gasteiger partial charge in [0.15, 0.2) is 0 Å². The minimum atomic E-state index is 0.695. The van der Waals surface area contributed by atoms with Gasteiger partial charge < -0.3 is 10.3 Å². The Kier molecular flexibility index (Phi) is 2.91. The molecule has 3 nitrogen and oxygen atoms in total. The highest BCUT2D eigenvalue weighted by Crippen LogP contribution is 2.29. The first kappa shape index (κ1) is 12.1. The molecule has 0 saturated heterocycles. The number of aromatic nitrogens is 2. The number of halogens is 1. The molecule has 19 heavy (non-hydrogen) atoms. The lowest BCUT2D eigenvalue weighted by atomic mass is 10.1. The van der Waals surface area contributed by atoms with E-state index in [9.17, 15) is 0 Å². The zero-order chi connectivity index (χ0) is 13.4. The number of nitrogens with two attached hydrogens (primary N) is 1. The molecule has 96 valence electrons. The highest BCUT2D eigenvalue weighted by molar-refractivity contribution is 6.31. The lowest BCUT2D eigenvalue weighted by molar-refractivity contribution is 0.796. The van der Waals surface area contributed by atoms with Crippen molar-refractivity contribution in [2.75, 3.05) is 5.73 Å². The first-order chi connectivity index (χ1) is 9.20. The second-order valence-electron chi connectivity index (χ2n) is 4.40. The van der Waals surface area contributed by atoms with Gasteiger partial charge in [-0.15, -0.1) is 0 Å². The molecule has 3 aromatic rings. The Hall–Kier alpha value is -2.00. The summed E-state index contributed by atoms with van der Waals surface area (Å²) in [6.07, 6.45) is 0. The molecule has 0 aliphatic carbocycles. The minimum Gasteiger partial charge on any atom is -0.398 e. The van der Waals surface area contributed by atoms with Crippen LogP contribution in [0.25, 0.3) is 22.4 Å². The fourth-order valence-electron chi connectivity index (χ4n) is 2.33. The molecule has 0 saturated carbocycles. The first-order valence-electron chi connectivity index (χ1n) is 6.21. The maximum Gasteiger partial charge on any atom is 0.143 e. The summed E-state index contributed by atoms with van der Waals surface area (Å²) < 4.78 is 2.15. The van der Waals surface area contributed by atoms with E-state index in [1.807, 2.05) is 42.5 Å². The Bertz CT molecular complexity index is 746. The predicted octanol–water partition coefficient (Wildman–Crippen LogP) is 3.96. The van der Waals surface area contributed by atoms with E-state index in [0.29, 0.717) is 5.02 Å². The number of hydrogen-bond donors (Lipinski definition) is 1. The van der Waals surface area contributed by atoms with E-state index in [2.05, 4.69) is 16.5 Å². The standard InChI is InChI=1S/C15H14ClN3/c1-2-19-14-8-7-10(16)9-13(14)18-15(19)11-5-3-4-6-12(11)17/h3-9H,2,17H2,1H3. The van der Waals surface area contributed by atoms with Gasteiger partial charge in [-0.2, -0.15) is 0 Å². The average molecular weight is 272 g/mol. The monoisotopic (exact) mass is 271 g/mol. The van der Waals surface area contributed by atoms with Crippen LogP contribution in [0.5, 0.6) is 0 Å². The normalized spacial score (nSPS) is 11.1. The summed E-state index contributed by atoms with van der Waals surface area (Å²) in [5.74, 6) is 0.887. The summed E-state index contributed by atoms with van der Waals surface area (Å²) in [7, 11) is 0. The van der Waals surface area contributed by atoms with E-state index in [0.717, 1.165) is 34.7 Å². The maximum absolute atomic E-state index is 6.05. The van der Waals surface area contributed by atoms with Crippen LogP contribution in [-0.2, 0) is 6.54 Å². The Morgan fingerprint density at radius 3 is 2.74 bits per heavy atom. The first-order valence-corrected chi connectivity index (χ1v) is 6.59. The highest BCUT2D eigenvalue weighted by Gasteiger charge is 2.13. The van der Waals surface area contributed by atoms with Gasteiger partial charge in [-0.25, -0.2) is 4.98 Å². The number of nitrogens with zero attached hydrogens (tertiary/aromatic N) is 2. The van der Waals surface area contributed by atoms with Crippen LogP contribution in [-0.4, -0.2) is 9.55 Å². The molecule has 4 heteroatoms. The lowest BCUT2D eigenvalue weighted by Gasteiger charge is -2.08. The van der Waals surface area contributed by atoms with Gasteiger partial charge in [-0.05, 0) is 37.3 Å². The van der Waals surface area contributed by atoms with E-state index in [4.69, 9.17) is 17.3 Å². The zero-order valence-corrected chi connectivity index (χ0v) is 11.4. The van der Waals surface area contributed by atoms with Crippen molar-refractivity contribution in [3.8, 4) is 11.4 Å². The summed E-state index contributed by atoms with van der Waals surface area (Å²) in [6, 6.07) is 13.5.